The van der Waals surface area contributed by atoms with Crippen molar-refractivity contribution in [3.8, 4) is 11.5 Å². The molecule has 232 valence electrons. The second kappa shape index (κ2) is 20.4. The zero-order valence-electron chi connectivity index (χ0n) is 25.5. The van der Waals surface area contributed by atoms with Gasteiger partial charge in [0.15, 0.2) is 0 Å². The van der Waals surface area contributed by atoms with E-state index < -0.39 is 6.09 Å². The van der Waals surface area contributed by atoms with E-state index in [0.29, 0.717) is 39.9 Å². The van der Waals surface area contributed by atoms with Gasteiger partial charge in [0.25, 0.3) is 0 Å². The highest BCUT2D eigenvalue weighted by atomic mass is 35.5. The van der Waals surface area contributed by atoms with Crippen molar-refractivity contribution in [2.45, 2.75) is 96.8 Å². The van der Waals surface area contributed by atoms with Crippen molar-refractivity contribution in [3.63, 3.8) is 0 Å². The summed E-state index contributed by atoms with van der Waals surface area (Å²) in [5, 5.41) is 18.0. The van der Waals surface area contributed by atoms with Crippen molar-refractivity contribution in [3.05, 3.63) is 88.9 Å². The predicted molar refractivity (Wildman–Crippen MR) is 178 cm³/mol. The molecule has 0 saturated carbocycles. The van der Waals surface area contributed by atoms with Gasteiger partial charge in [-0.1, -0.05) is 144 Å². The SMILES string of the molecule is CCCCCCCCCCCCCCCCOc1ccc(C(=NOC(=O)Nc2cccc(Cl)c2)c2ccccc2)c(O)c1. The fraction of sp³-hybridized carbons (Fsp3) is 0.444. The Morgan fingerprint density at radius 3 is 2.00 bits per heavy atom. The number of amides is 1. The van der Waals surface area contributed by atoms with Gasteiger partial charge < -0.3 is 9.84 Å². The van der Waals surface area contributed by atoms with Crippen LogP contribution in [0.5, 0.6) is 11.5 Å². The summed E-state index contributed by atoms with van der Waals surface area (Å²) in [6.45, 7) is 2.87. The van der Waals surface area contributed by atoms with E-state index in [1.54, 1.807) is 42.5 Å². The minimum atomic E-state index is -0.775. The topological polar surface area (TPSA) is 80.2 Å². The fourth-order valence-corrected chi connectivity index (χ4v) is 5.13. The zero-order valence-corrected chi connectivity index (χ0v) is 26.3. The van der Waals surface area contributed by atoms with Crippen molar-refractivity contribution in [2.24, 2.45) is 5.16 Å². The minimum Gasteiger partial charge on any atom is -0.507 e. The van der Waals surface area contributed by atoms with Gasteiger partial charge >= 0.3 is 6.09 Å². The largest absolute Gasteiger partial charge is 0.507 e. The lowest BCUT2D eigenvalue weighted by Crippen LogP contribution is -2.13. The number of rotatable bonds is 20. The molecule has 43 heavy (non-hydrogen) atoms. The average Bonchev–Trinajstić information content (AvgIpc) is 3.00. The van der Waals surface area contributed by atoms with Crippen LogP contribution in [-0.2, 0) is 4.84 Å². The molecule has 0 spiro atoms. The molecule has 0 aliphatic carbocycles. The lowest BCUT2D eigenvalue weighted by Gasteiger charge is -2.12. The number of unbranched alkanes of at least 4 members (excludes halogenated alkanes) is 13. The maximum Gasteiger partial charge on any atom is 0.437 e. The molecule has 0 aliphatic rings. The lowest BCUT2D eigenvalue weighted by molar-refractivity contribution is 0.166. The van der Waals surface area contributed by atoms with Crippen LogP contribution in [0.1, 0.15) is 108 Å². The zero-order chi connectivity index (χ0) is 30.5. The highest BCUT2D eigenvalue weighted by Crippen LogP contribution is 2.27. The molecule has 0 aromatic heterocycles. The summed E-state index contributed by atoms with van der Waals surface area (Å²) < 4.78 is 5.90. The maximum atomic E-state index is 12.4. The Morgan fingerprint density at radius 1 is 0.767 bits per heavy atom. The van der Waals surface area contributed by atoms with Crippen LogP contribution in [0.15, 0.2) is 78.0 Å². The third-order valence-corrected chi connectivity index (χ3v) is 7.56. The van der Waals surface area contributed by atoms with Crippen LogP contribution in [0, 0.1) is 0 Å². The number of benzene rings is 3. The van der Waals surface area contributed by atoms with Crippen LogP contribution in [0.25, 0.3) is 0 Å². The van der Waals surface area contributed by atoms with Crippen molar-refractivity contribution in [1.82, 2.24) is 0 Å². The molecular formula is C36H47ClN2O4. The van der Waals surface area contributed by atoms with Gasteiger partial charge in [-0.05, 0) is 36.8 Å². The number of hydrogen-bond donors (Lipinski definition) is 2. The number of oxime groups is 1. The van der Waals surface area contributed by atoms with Crippen molar-refractivity contribution in [2.75, 3.05) is 11.9 Å². The lowest BCUT2D eigenvalue weighted by atomic mass is 10.0. The van der Waals surface area contributed by atoms with Crippen LogP contribution >= 0.6 is 11.6 Å². The molecule has 1 amide bonds. The van der Waals surface area contributed by atoms with Crippen molar-refractivity contribution >= 4 is 29.1 Å². The second-order valence-corrected chi connectivity index (χ2v) is 11.4. The van der Waals surface area contributed by atoms with Crippen molar-refractivity contribution < 1.29 is 19.5 Å². The molecule has 2 N–H and O–H groups in total. The molecule has 0 aliphatic heterocycles. The van der Waals surface area contributed by atoms with E-state index in [-0.39, 0.29) is 5.75 Å². The fourth-order valence-electron chi connectivity index (χ4n) is 4.94. The van der Waals surface area contributed by atoms with E-state index in [0.717, 1.165) is 12.8 Å². The summed E-state index contributed by atoms with van der Waals surface area (Å²) in [5.41, 5.74) is 1.91. The monoisotopic (exact) mass is 606 g/mol. The Hall–Kier alpha value is -3.51. The van der Waals surface area contributed by atoms with Gasteiger partial charge in [-0.25, -0.2) is 4.79 Å². The summed E-state index contributed by atoms with van der Waals surface area (Å²) in [5.74, 6) is 0.572. The van der Waals surface area contributed by atoms with E-state index in [1.807, 2.05) is 30.3 Å². The molecular weight excluding hydrogens is 560 g/mol. The molecule has 0 saturated heterocycles. The first kappa shape index (κ1) is 34.0. The highest BCUT2D eigenvalue weighted by Gasteiger charge is 2.15. The number of carbonyl (C=O) groups excluding carboxylic acids is 1. The van der Waals surface area contributed by atoms with Gasteiger partial charge in [0.05, 0.1) is 6.61 Å². The van der Waals surface area contributed by atoms with E-state index in [1.165, 1.54) is 77.0 Å². The Balaban J connectivity index is 1.40. The number of hydrogen-bond acceptors (Lipinski definition) is 5. The minimum absolute atomic E-state index is 0.0140. The molecule has 6 nitrogen and oxygen atoms in total. The van der Waals surface area contributed by atoms with E-state index in [2.05, 4.69) is 17.4 Å². The molecule has 0 fully saturated rings. The van der Waals surface area contributed by atoms with Gasteiger partial charge in [-0.3, -0.25) is 10.2 Å². The number of anilines is 1. The third kappa shape index (κ3) is 13.6. The molecule has 3 aromatic carbocycles. The Morgan fingerprint density at radius 2 is 1.40 bits per heavy atom. The number of halogens is 1. The summed E-state index contributed by atoms with van der Waals surface area (Å²) in [6.07, 6.45) is 17.6. The standard InChI is InChI=1S/C36H47ClN2O4/c1-2-3-4-5-6-7-8-9-10-11-12-13-14-18-26-42-32-24-25-33(34(40)28-32)35(29-20-16-15-17-21-29)39-43-36(41)38-31-23-19-22-30(37)27-31/h15-17,19-25,27-28,40H,2-14,18,26H2,1H3,(H,38,41). The van der Waals surface area contributed by atoms with Gasteiger partial charge in [0, 0.05) is 27.9 Å². The Kier molecular flexibility index (Phi) is 16.1. The first-order valence-corrected chi connectivity index (χ1v) is 16.3. The second-order valence-electron chi connectivity index (χ2n) is 10.9. The summed E-state index contributed by atoms with van der Waals surface area (Å²) in [7, 11) is 0. The highest BCUT2D eigenvalue weighted by molar-refractivity contribution is 6.30. The smallest absolute Gasteiger partial charge is 0.437 e. The van der Waals surface area contributed by atoms with Gasteiger partial charge in [0.2, 0.25) is 0 Å². The molecule has 3 aromatic rings. The quantitative estimate of drug-likeness (QED) is 0.0580. The van der Waals surface area contributed by atoms with Gasteiger partial charge in [-0.2, -0.15) is 0 Å². The first-order chi connectivity index (χ1) is 21.1. The van der Waals surface area contributed by atoms with Crippen LogP contribution in [0.3, 0.4) is 0 Å². The molecule has 0 unspecified atom stereocenters. The summed E-state index contributed by atoms with van der Waals surface area (Å²) in [4.78, 5) is 17.5. The van der Waals surface area contributed by atoms with Crippen LogP contribution < -0.4 is 10.1 Å². The number of aromatic hydroxyl groups is 1. The summed E-state index contributed by atoms with van der Waals surface area (Å²) >= 11 is 5.98. The normalized spacial score (nSPS) is 11.3. The van der Waals surface area contributed by atoms with Gasteiger partial charge in [0.1, 0.15) is 17.2 Å². The average molecular weight is 607 g/mol. The van der Waals surface area contributed by atoms with Gasteiger partial charge in [-0.15, -0.1) is 0 Å². The number of ether oxygens (including phenoxy) is 1. The number of nitrogens with zero attached hydrogens (tertiary/aromatic N) is 1. The number of nitrogens with one attached hydrogen (secondary N) is 1. The van der Waals surface area contributed by atoms with E-state index in [9.17, 15) is 9.90 Å². The predicted octanol–water partition coefficient (Wildman–Crippen LogP) is 10.9. The number of phenolic OH excluding ortho intramolecular Hbond substituents is 1. The van der Waals surface area contributed by atoms with E-state index >= 15 is 0 Å². The Labute approximate surface area is 262 Å². The van der Waals surface area contributed by atoms with Crippen LogP contribution in [0.4, 0.5) is 10.5 Å². The molecule has 7 heteroatoms. The molecule has 0 heterocycles. The third-order valence-electron chi connectivity index (χ3n) is 7.33. The Bertz CT molecular complexity index is 1250. The molecule has 3 rings (SSSR count). The van der Waals surface area contributed by atoms with E-state index in [4.69, 9.17) is 21.2 Å². The van der Waals surface area contributed by atoms with Crippen molar-refractivity contribution in [1.29, 1.82) is 0 Å². The summed E-state index contributed by atoms with van der Waals surface area (Å²) in [6, 6.07) is 21.1. The molecule has 0 radical (unpaired) electrons. The van der Waals surface area contributed by atoms with Crippen LogP contribution in [0.2, 0.25) is 5.02 Å². The van der Waals surface area contributed by atoms with Crippen LogP contribution in [-0.4, -0.2) is 23.5 Å². The molecule has 0 bridgehead atoms. The first-order valence-electron chi connectivity index (χ1n) is 15.9. The molecule has 0 atom stereocenters. The maximum absolute atomic E-state index is 12.4. The number of carbonyl (C=O) groups is 1. The number of phenols is 1.